The highest BCUT2D eigenvalue weighted by atomic mass is 19.3. The topological polar surface area (TPSA) is 46.5 Å². The number of aliphatic carboxylic acids is 1. The monoisotopic (exact) mass is 208 g/mol. The van der Waals surface area contributed by atoms with Gasteiger partial charge in [-0.2, -0.15) is 0 Å². The van der Waals surface area contributed by atoms with Crippen molar-refractivity contribution in [2.45, 2.75) is 44.1 Å². The molecule has 0 aromatic carbocycles. The van der Waals surface area contributed by atoms with Crippen LogP contribution in [0.4, 0.5) is 8.78 Å². The summed E-state index contributed by atoms with van der Waals surface area (Å²) >= 11 is 0. The van der Waals surface area contributed by atoms with Gasteiger partial charge in [0.2, 0.25) is 5.92 Å². The van der Waals surface area contributed by atoms with Crippen LogP contribution in [0.15, 0.2) is 0 Å². The number of halogens is 2. The number of carbonyl (C=O) groups is 1. The van der Waals surface area contributed by atoms with Crippen LogP contribution in [-0.2, 0) is 9.53 Å². The van der Waals surface area contributed by atoms with Gasteiger partial charge in [0.05, 0.1) is 0 Å². The quantitative estimate of drug-likeness (QED) is 0.772. The summed E-state index contributed by atoms with van der Waals surface area (Å²) < 4.78 is 30.7. The van der Waals surface area contributed by atoms with Gasteiger partial charge in [-0.3, -0.25) is 0 Å². The van der Waals surface area contributed by atoms with Gasteiger partial charge in [0.15, 0.2) is 5.60 Å². The van der Waals surface area contributed by atoms with Crippen molar-refractivity contribution < 1.29 is 23.4 Å². The Balaban J connectivity index is 2.69. The van der Waals surface area contributed by atoms with Crippen LogP contribution in [0.25, 0.3) is 0 Å². The largest absolute Gasteiger partial charge is 0.479 e. The van der Waals surface area contributed by atoms with Gasteiger partial charge in [0, 0.05) is 19.4 Å². The molecule has 1 rings (SSSR count). The molecule has 0 atom stereocenters. The van der Waals surface area contributed by atoms with Crippen molar-refractivity contribution in [2.24, 2.45) is 0 Å². The molecule has 82 valence electrons. The summed E-state index contributed by atoms with van der Waals surface area (Å²) in [6.07, 6.45) is -1.02. The molecule has 0 unspecified atom stereocenters. The summed E-state index contributed by atoms with van der Waals surface area (Å²) in [5, 5.41) is 8.92. The zero-order valence-electron chi connectivity index (χ0n) is 8.06. The van der Waals surface area contributed by atoms with Crippen molar-refractivity contribution in [1.29, 1.82) is 0 Å². The van der Waals surface area contributed by atoms with Gasteiger partial charge in [0.1, 0.15) is 0 Å². The molecule has 5 heteroatoms. The van der Waals surface area contributed by atoms with E-state index in [-0.39, 0.29) is 19.4 Å². The highest BCUT2D eigenvalue weighted by molar-refractivity contribution is 5.77. The first-order valence-electron chi connectivity index (χ1n) is 4.67. The molecule has 0 bridgehead atoms. The summed E-state index contributed by atoms with van der Waals surface area (Å²) in [4.78, 5) is 10.9. The van der Waals surface area contributed by atoms with E-state index in [0.717, 1.165) is 0 Å². The maximum atomic E-state index is 12.8. The van der Waals surface area contributed by atoms with E-state index in [9.17, 15) is 13.6 Å². The summed E-state index contributed by atoms with van der Waals surface area (Å²) in [6, 6.07) is 0. The molecule has 14 heavy (non-hydrogen) atoms. The summed E-state index contributed by atoms with van der Waals surface area (Å²) in [7, 11) is 0. The normalized spacial score (nSPS) is 24.5. The van der Waals surface area contributed by atoms with Crippen molar-refractivity contribution in [2.75, 3.05) is 6.61 Å². The van der Waals surface area contributed by atoms with Crippen LogP contribution in [0.1, 0.15) is 32.6 Å². The van der Waals surface area contributed by atoms with Crippen LogP contribution in [0.3, 0.4) is 0 Å². The van der Waals surface area contributed by atoms with Gasteiger partial charge >= 0.3 is 5.97 Å². The summed E-state index contributed by atoms with van der Waals surface area (Å²) in [5.74, 6) is -3.86. The molecule has 0 aromatic rings. The Labute approximate surface area is 81.1 Å². The van der Waals surface area contributed by atoms with Crippen molar-refractivity contribution in [3.05, 3.63) is 0 Å². The molecule has 0 aliphatic heterocycles. The van der Waals surface area contributed by atoms with Gasteiger partial charge in [0.25, 0.3) is 0 Å². The molecule has 0 saturated heterocycles. The molecule has 1 fully saturated rings. The van der Waals surface area contributed by atoms with Crippen LogP contribution in [0.5, 0.6) is 0 Å². The van der Waals surface area contributed by atoms with E-state index in [1.54, 1.807) is 6.92 Å². The molecule has 0 aromatic heterocycles. The molecule has 1 saturated carbocycles. The van der Waals surface area contributed by atoms with Gasteiger partial charge in [-0.05, 0) is 19.8 Å². The summed E-state index contributed by atoms with van der Waals surface area (Å²) in [6.45, 7) is 1.90. The van der Waals surface area contributed by atoms with Gasteiger partial charge in [-0.25, -0.2) is 13.6 Å². The van der Waals surface area contributed by atoms with Crippen molar-refractivity contribution in [3.63, 3.8) is 0 Å². The molecule has 1 N–H and O–H groups in total. The number of ether oxygens (including phenoxy) is 1. The van der Waals surface area contributed by atoms with Crippen LogP contribution in [-0.4, -0.2) is 29.2 Å². The van der Waals surface area contributed by atoms with E-state index in [1.165, 1.54) is 0 Å². The number of carboxylic acid groups (broad SMARTS) is 1. The fourth-order valence-corrected chi connectivity index (χ4v) is 1.72. The number of alkyl halides is 2. The van der Waals surface area contributed by atoms with E-state index in [1.807, 2.05) is 0 Å². The zero-order valence-corrected chi connectivity index (χ0v) is 8.06. The minimum atomic E-state index is -2.73. The number of rotatable bonds is 3. The minimum Gasteiger partial charge on any atom is -0.479 e. The second-order valence-corrected chi connectivity index (χ2v) is 3.59. The van der Waals surface area contributed by atoms with Crippen molar-refractivity contribution in [1.82, 2.24) is 0 Å². The van der Waals surface area contributed by atoms with Crippen LogP contribution < -0.4 is 0 Å². The standard InChI is InChI=1S/C9H14F2O3/c1-2-14-8(7(12)13)3-5-9(10,11)6-4-8/h2-6H2,1H3,(H,12,13). The van der Waals surface area contributed by atoms with E-state index in [0.29, 0.717) is 0 Å². The predicted octanol–water partition coefficient (Wildman–Crippen LogP) is 2.06. The molecule has 1 aliphatic carbocycles. The Morgan fingerprint density at radius 2 is 1.86 bits per heavy atom. The van der Waals surface area contributed by atoms with E-state index in [2.05, 4.69) is 0 Å². The Kier molecular flexibility index (Phi) is 3.09. The molecule has 0 amide bonds. The number of hydrogen-bond donors (Lipinski definition) is 1. The second-order valence-electron chi connectivity index (χ2n) is 3.59. The highest BCUT2D eigenvalue weighted by Gasteiger charge is 2.48. The zero-order chi connectivity index (χ0) is 10.8. The average molecular weight is 208 g/mol. The molecule has 0 heterocycles. The first kappa shape index (κ1) is 11.4. The maximum Gasteiger partial charge on any atom is 0.335 e. The van der Waals surface area contributed by atoms with E-state index >= 15 is 0 Å². The third kappa shape index (κ3) is 2.20. The number of hydrogen-bond acceptors (Lipinski definition) is 2. The van der Waals surface area contributed by atoms with Gasteiger partial charge in [-0.15, -0.1) is 0 Å². The average Bonchev–Trinajstić information content (AvgIpc) is 2.09. The molecule has 0 spiro atoms. The van der Waals surface area contributed by atoms with E-state index in [4.69, 9.17) is 9.84 Å². The highest BCUT2D eigenvalue weighted by Crippen LogP contribution is 2.40. The second kappa shape index (κ2) is 3.81. The van der Waals surface area contributed by atoms with Crippen molar-refractivity contribution >= 4 is 5.97 Å². The fraction of sp³-hybridized carbons (Fsp3) is 0.889. The van der Waals surface area contributed by atoms with E-state index < -0.39 is 30.3 Å². The Morgan fingerprint density at radius 1 is 1.36 bits per heavy atom. The fourth-order valence-electron chi connectivity index (χ4n) is 1.72. The van der Waals surface area contributed by atoms with Crippen LogP contribution in [0, 0.1) is 0 Å². The first-order chi connectivity index (χ1) is 6.42. The minimum absolute atomic E-state index is 0.108. The van der Waals surface area contributed by atoms with Crippen molar-refractivity contribution in [3.8, 4) is 0 Å². The molecule has 3 nitrogen and oxygen atoms in total. The molecular weight excluding hydrogens is 194 g/mol. The third-order valence-corrected chi connectivity index (χ3v) is 2.60. The lowest BCUT2D eigenvalue weighted by Crippen LogP contribution is -2.47. The lowest BCUT2D eigenvalue weighted by molar-refractivity contribution is -0.180. The third-order valence-electron chi connectivity index (χ3n) is 2.60. The van der Waals surface area contributed by atoms with Crippen LogP contribution >= 0.6 is 0 Å². The lowest BCUT2D eigenvalue weighted by atomic mass is 9.82. The Morgan fingerprint density at radius 3 is 2.21 bits per heavy atom. The molecular formula is C9H14F2O3. The Hall–Kier alpha value is -0.710. The van der Waals surface area contributed by atoms with Gasteiger partial charge < -0.3 is 9.84 Å². The number of carboxylic acids is 1. The Bertz CT molecular complexity index is 218. The summed E-state index contributed by atoms with van der Waals surface area (Å²) in [5.41, 5.74) is -1.38. The SMILES string of the molecule is CCOC1(C(=O)O)CCC(F)(F)CC1. The molecule has 0 radical (unpaired) electrons. The van der Waals surface area contributed by atoms with Crippen LogP contribution in [0.2, 0.25) is 0 Å². The lowest BCUT2D eigenvalue weighted by Gasteiger charge is -2.36. The molecule has 1 aliphatic rings. The smallest absolute Gasteiger partial charge is 0.335 e. The predicted molar refractivity (Wildman–Crippen MR) is 45.4 cm³/mol. The first-order valence-corrected chi connectivity index (χ1v) is 4.67. The maximum absolute atomic E-state index is 12.8. The van der Waals surface area contributed by atoms with Gasteiger partial charge in [-0.1, -0.05) is 0 Å².